The third kappa shape index (κ3) is 5.42. The van der Waals surface area contributed by atoms with Crippen molar-refractivity contribution in [3.8, 4) is 0 Å². The van der Waals surface area contributed by atoms with Crippen LogP contribution in [-0.4, -0.2) is 18.6 Å². The Morgan fingerprint density at radius 2 is 1.94 bits per heavy atom. The largest absolute Gasteiger partial charge is 0.338 e. The fourth-order valence-corrected chi connectivity index (χ4v) is 2.69. The SMILES string of the molecule is CCCCNC(=O)NC(CC)C1CCCCC1. The van der Waals surface area contributed by atoms with Gasteiger partial charge in [0.1, 0.15) is 0 Å². The van der Waals surface area contributed by atoms with Gasteiger partial charge in [-0.25, -0.2) is 4.79 Å². The third-order valence-corrected chi connectivity index (χ3v) is 3.79. The number of carbonyl (C=O) groups is 1. The van der Waals surface area contributed by atoms with Gasteiger partial charge in [-0.15, -0.1) is 0 Å². The minimum absolute atomic E-state index is 0.0240. The molecule has 0 heterocycles. The van der Waals surface area contributed by atoms with Gasteiger partial charge in [0.2, 0.25) is 0 Å². The Kier molecular flexibility index (Phi) is 7.06. The molecule has 1 aliphatic rings. The summed E-state index contributed by atoms with van der Waals surface area (Å²) in [6.07, 6.45) is 9.84. The standard InChI is InChI=1S/C14H28N2O/c1-3-5-11-15-14(17)16-13(4-2)12-9-7-6-8-10-12/h12-13H,3-11H2,1-2H3,(H2,15,16,17). The quantitative estimate of drug-likeness (QED) is 0.686. The van der Waals surface area contributed by atoms with Crippen molar-refractivity contribution in [3.05, 3.63) is 0 Å². The monoisotopic (exact) mass is 240 g/mol. The number of carbonyl (C=O) groups excluding carboxylic acids is 1. The smallest absolute Gasteiger partial charge is 0.315 e. The molecule has 2 N–H and O–H groups in total. The summed E-state index contributed by atoms with van der Waals surface area (Å²) in [7, 11) is 0. The zero-order chi connectivity index (χ0) is 12.5. The lowest BCUT2D eigenvalue weighted by molar-refractivity contribution is 0.219. The molecule has 1 aliphatic carbocycles. The van der Waals surface area contributed by atoms with E-state index in [1.54, 1.807) is 0 Å². The summed E-state index contributed by atoms with van der Waals surface area (Å²) in [5.74, 6) is 0.700. The van der Waals surface area contributed by atoms with Crippen LogP contribution in [0, 0.1) is 5.92 Å². The van der Waals surface area contributed by atoms with Crippen LogP contribution in [0.4, 0.5) is 4.79 Å². The molecule has 1 rings (SSSR count). The van der Waals surface area contributed by atoms with Crippen LogP contribution in [0.15, 0.2) is 0 Å². The van der Waals surface area contributed by atoms with Crippen molar-refractivity contribution >= 4 is 6.03 Å². The van der Waals surface area contributed by atoms with Crippen LogP contribution in [-0.2, 0) is 0 Å². The zero-order valence-corrected chi connectivity index (χ0v) is 11.4. The van der Waals surface area contributed by atoms with Crippen LogP contribution in [0.25, 0.3) is 0 Å². The van der Waals surface area contributed by atoms with E-state index in [1.807, 2.05) is 0 Å². The van der Waals surface area contributed by atoms with Gasteiger partial charge < -0.3 is 10.6 Å². The van der Waals surface area contributed by atoms with Crippen LogP contribution < -0.4 is 10.6 Å². The number of hydrogen-bond acceptors (Lipinski definition) is 1. The fourth-order valence-electron chi connectivity index (χ4n) is 2.69. The molecule has 0 saturated heterocycles. The van der Waals surface area contributed by atoms with E-state index in [0.717, 1.165) is 25.8 Å². The molecular formula is C14H28N2O. The Labute approximate surface area is 106 Å². The van der Waals surface area contributed by atoms with Gasteiger partial charge >= 0.3 is 6.03 Å². The minimum atomic E-state index is 0.0240. The van der Waals surface area contributed by atoms with E-state index < -0.39 is 0 Å². The molecule has 17 heavy (non-hydrogen) atoms. The van der Waals surface area contributed by atoms with E-state index in [-0.39, 0.29) is 6.03 Å². The number of rotatable bonds is 6. The molecule has 0 aromatic heterocycles. The van der Waals surface area contributed by atoms with Gasteiger partial charge in [0, 0.05) is 12.6 Å². The summed E-state index contributed by atoms with van der Waals surface area (Å²) in [5.41, 5.74) is 0. The lowest BCUT2D eigenvalue weighted by Gasteiger charge is -2.30. The highest BCUT2D eigenvalue weighted by atomic mass is 16.2. The first-order chi connectivity index (χ1) is 8.27. The summed E-state index contributed by atoms with van der Waals surface area (Å²) in [6.45, 7) is 5.10. The first kappa shape index (κ1) is 14.3. The second-order valence-corrected chi connectivity index (χ2v) is 5.17. The maximum Gasteiger partial charge on any atom is 0.315 e. The second kappa shape index (κ2) is 8.37. The minimum Gasteiger partial charge on any atom is -0.338 e. The summed E-state index contributed by atoms with van der Waals surface area (Å²) >= 11 is 0. The van der Waals surface area contributed by atoms with E-state index in [2.05, 4.69) is 24.5 Å². The Bertz CT molecular complexity index is 212. The Morgan fingerprint density at radius 1 is 1.24 bits per heavy atom. The van der Waals surface area contributed by atoms with Crippen molar-refractivity contribution in [2.45, 2.75) is 71.3 Å². The molecule has 1 saturated carbocycles. The van der Waals surface area contributed by atoms with Gasteiger partial charge in [-0.2, -0.15) is 0 Å². The molecule has 1 fully saturated rings. The molecule has 100 valence electrons. The number of urea groups is 1. The van der Waals surface area contributed by atoms with E-state index in [0.29, 0.717) is 12.0 Å². The maximum absolute atomic E-state index is 11.7. The zero-order valence-electron chi connectivity index (χ0n) is 11.4. The maximum atomic E-state index is 11.7. The third-order valence-electron chi connectivity index (χ3n) is 3.79. The van der Waals surface area contributed by atoms with Crippen LogP contribution >= 0.6 is 0 Å². The molecule has 3 nitrogen and oxygen atoms in total. The summed E-state index contributed by atoms with van der Waals surface area (Å²) in [6, 6.07) is 0.396. The Morgan fingerprint density at radius 3 is 2.53 bits per heavy atom. The lowest BCUT2D eigenvalue weighted by atomic mass is 9.83. The van der Waals surface area contributed by atoms with Crippen LogP contribution in [0.1, 0.15) is 65.2 Å². The lowest BCUT2D eigenvalue weighted by Crippen LogP contribution is -2.46. The van der Waals surface area contributed by atoms with E-state index in [4.69, 9.17) is 0 Å². The van der Waals surface area contributed by atoms with Crippen molar-refractivity contribution in [2.24, 2.45) is 5.92 Å². The topological polar surface area (TPSA) is 41.1 Å². The fraction of sp³-hybridized carbons (Fsp3) is 0.929. The average Bonchev–Trinajstić information content (AvgIpc) is 2.37. The van der Waals surface area contributed by atoms with Crippen LogP contribution in [0.2, 0.25) is 0 Å². The Balaban J connectivity index is 2.27. The van der Waals surface area contributed by atoms with Gasteiger partial charge in [-0.05, 0) is 31.6 Å². The first-order valence-electron chi connectivity index (χ1n) is 7.32. The molecular weight excluding hydrogens is 212 g/mol. The molecule has 0 radical (unpaired) electrons. The van der Waals surface area contributed by atoms with Crippen molar-refractivity contribution in [1.29, 1.82) is 0 Å². The van der Waals surface area contributed by atoms with Gasteiger partial charge in [-0.3, -0.25) is 0 Å². The molecule has 3 heteroatoms. The molecule has 0 aliphatic heterocycles. The van der Waals surface area contributed by atoms with E-state index in [1.165, 1.54) is 32.1 Å². The summed E-state index contributed by atoms with van der Waals surface area (Å²) in [5, 5.41) is 6.08. The molecule has 1 atom stereocenters. The van der Waals surface area contributed by atoms with Crippen molar-refractivity contribution in [1.82, 2.24) is 10.6 Å². The molecule has 0 spiro atoms. The first-order valence-corrected chi connectivity index (χ1v) is 7.32. The van der Waals surface area contributed by atoms with Crippen molar-refractivity contribution in [3.63, 3.8) is 0 Å². The molecule has 0 bridgehead atoms. The average molecular weight is 240 g/mol. The highest BCUT2D eigenvalue weighted by molar-refractivity contribution is 5.74. The van der Waals surface area contributed by atoms with E-state index >= 15 is 0 Å². The summed E-state index contributed by atoms with van der Waals surface area (Å²) in [4.78, 5) is 11.7. The molecule has 1 unspecified atom stereocenters. The number of amides is 2. The van der Waals surface area contributed by atoms with Gasteiger partial charge in [-0.1, -0.05) is 39.5 Å². The highest BCUT2D eigenvalue weighted by Gasteiger charge is 2.23. The summed E-state index contributed by atoms with van der Waals surface area (Å²) < 4.78 is 0. The normalized spacial score (nSPS) is 18.7. The number of nitrogens with one attached hydrogen (secondary N) is 2. The number of hydrogen-bond donors (Lipinski definition) is 2. The van der Waals surface area contributed by atoms with Crippen molar-refractivity contribution in [2.75, 3.05) is 6.54 Å². The van der Waals surface area contributed by atoms with Gasteiger partial charge in [0.15, 0.2) is 0 Å². The van der Waals surface area contributed by atoms with Crippen molar-refractivity contribution < 1.29 is 4.79 Å². The van der Waals surface area contributed by atoms with Crippen LogP contribution in [0.5, 0.6) is 0 Å². The number of unbranched alkanes of at least 4 members (excludes halogenated alkanes) is 1. The van der Waals surface area contributed by atoms with Gasteiger partial charge in [0.05, 0.1) is 0 Å². The molecule has 0 aromatic carbocycles. The Hall–Kier alpha value is -0.730. The highest BCUT2D eigenvalue weighted by Crippen LogP contribution is 2.27. The van der Waals surface area contributed by atoms with Crippen LogP contribution in [0.3, 0.4) is 0 Å². The predicted octanol–water partition coefficient (Wildman–Crippen LogP) is 3.44. The molecule has 0 aromatic rings. The van der Waals surface area contributed by atoms with Gasteiger partial charge in [0.25, 0.3) is 0 Å². The molecule has 2 amide bonds. The second-order valence-electron chi connectivity index (χ2n) is 5.17. The van der Waals surface area contributed by atoms with E-state index in [9.17, 15) is 4.79 Å². The predicted molar refractivity (Wildman–Crippen MR) is 72.1 cm³/mol.